The number of aromatic nitrogens is 5. The van der Waals surface area contributed by atoms with Gasteiger partial charge in [0.2, 0.25) is 5.82 Å². The van der Waals surface area contributed by atoms with Crippen molar-refractivity contribution < 1.29 is 13.2 Å². The number of tetrazole rings is 1. The van der Waals surface area contributed by atoms with E-state index < -0.39 is 11.7 Å². The Balaban J connectivity index is 1.83. The van der Waals surface area contributed by atoms with E-state index >= 15 is 0 Å². The van der Waals surface area contributed by atoms with Gasteiger partial charge in [-0.2, -0.15) is 18.4 Å². The molecule has 0 aliphatic rings. The van der Waals surface area contributed by atoms with Crippen molar-refractivity contribution in [2.24, 2.45) is 0 Å². The van der Waals surface area contributed by atoms with Crippen molar-refractivity contribution in [3.05, 3.63) is 65.7 Å². The lowest BCUT2D eigenvalue weighted by molar-refractivity contribution is -0.137. The summed E-state index contributed by atoms with van der Waals surface area (Å²) in [6.07, 6.45) is -4.37. The van der Waals surface area contributed by atoms with Crippen molar-refractivity contribution in [2.45, 2.75) is 12.7 Å². The fourth-order valence-corrected chi connectivity index (χ4v) is 2.86. The van der Waals surface area contributed by atoms with Crippen LogP contribution in [-0.4, -0.2) is 25.2 Å². The Morgan fingerprint density at radius 1 is 1.00 bits per heavy atom. The van der Waals surface area contributed by atoms with Crippen molar-refractivity contribution in [1.29, 1.82) is 0 Å². The minimum atomic E-state index is -4.37. The lowest BCUT2D eigenvalue weighted by Gasteiger charge is -2.12. The van der Waals surface area contributed by atoms with E-state index in [1.807, 2.05) is 34.9 Å². The van der Waals surface area contributed by atoms with Crippen molar-refractivity contribution >= 4 is 10.9 Å². The molecule has 0 saturated heterocycles. The second kappa shape index (κ2) is 5.73. The van der Waals surface area contributed by atoms with Gasteiger partial charge in [-0.05, 0) is 35.0 Å². The molecule has 0 radical (unpaired) electrons. The fraction of sp³-hybridized carbons (Fsp3) is 0.118. The quantitative estimate of drug-likeness (QED) is 0.614. The van der Waals surface area contributed by atoms with E-state index in [9.17, 15) is 13.2 Å². The molecule has 0 aliphatic heterocycles. The largest absolute Gasteiger partial charge is 0.416 e. The van der Waals surface area contributed by atoms with Gasteiger partial charge in [0.05, 0.1) is 11.3 Å². The molecule has 0 atom stereocenters. The van der Waals surface area contributed by atoms with Crippen LogP contribution in [0.5, 0.6) is 0 Å². The van der Waals surface area contributed by atoms with Crippen molar-refractivity contribution in [3.63, 3.8) is 0 Å². The number of alkyl halides is 3. The van der Waals surface area contributed by atoms with Crippen LogP contribution in [0.1, 0.15) is 11.1 Å². The minimum absolute atomic E-state index is 0.265. The second-order valence-electron chi connectivity index (χ2n) is 5.61. The summed E-state index contributed by atoms with van der Waals surface area (Å²) in [5.74, 6) is 0.392. The summed E-state index contributed by atoms with van der Waals surface area (Å²) in [6.45, 7) is 0.265. The molecule has 0 bridgehead atoms. The van der Waals surface area contributed by atoms with Crippen LogP contribution < -0.4 is 0 Å². The molecule has 0 unspecified atom stereocenters. The van der Waals surface area contributed by atoms with Crippen LogP contribution >= 0.6 is 0 Å². The van der Waals surface area contributed by atoms with Crippen molar-refractivity contribution in [1.82, 2.24) is 25.2 Å². The highest BCUT2D eigenvalue weighted by molar-refractivity contribution is 5.85. The second-order valence-corrected chi connectivity index (χ2v) is 5.61. The highest BCUT2D eigenvalue weighted by Gasteiger charge is 2.30. The van der Waals surface area contributed by atoms with Gasteiger partial charge in [0.15, 0.2) is 0 Å². The average molecular weight is 343 g/mol. The van der Waals surface area contributed by atoms with E-state index in [1.54, 1.807) is 6.07 Å². The van der Waals surface area contributed by atoms with Gasteiger partial charge in [-0.25, -0.2) is 0 Å². The zero-order valence-electron chi connectivity index (χ0n) is 12.8. The Bertz CT molecular complexity index is 1020. The molecule has 0 saturated carbocycles. The summed E-state index contributed by atoms with van der Waals surface area (Å²) < 4.78 is 40.8. The molecule has 2 heterocycles. The zero-order chi connectivity index (χ0) is 17.4. The maximum Gasteiger partial charge on any atom is 0.416 e. The monoisotopic (exact) mass is 343 g/mol. The predicted molar refractivity (Wildman–Crippen MR) is 85.7 cm³/mol. The van der Waals surface area contributed by atoms with E-state index in [1.165, 1.54) is 6.07 Å². The number of nitrogens with one attached hydrogen (secondary N) is 1. The van der Waals surface area contributed by atoms with E-state index in [-0.39, 0.29) is 6.54 Å². The molecule has 0 spiro atoms. The first-order valence-corrected chi connectivity index (χ1v) is 7.50. The molecule has 1 N–H and O–H groups in total. The van der Waals surface area contributed by atoms with E-state index in [0.717, 1.165) is 23.0 Å². The Morgan fingerprint density at radius 2 is 1.84 bits per heavy atom. The number of H-pyrrole nitrogens is 1. The first-order chi connectivity index (χ1) is 12.0. The summed E-state index contributed by atoms with van der Waals surface area (Å²) in [5.41, 5.74) is 1.45. The van der Waals surface area contributed by atoms with Crippen LogP contribution in [0, 0.1) is 0 Å². The standard InChI is InChI=1S/C17H12F3N5/c18-17(19,20)13-6-3-4-11(8-13)10-25-14-7-2-1-5-12(14)9-15(25)16-21-23-24-22-16/h1-9H,10H2,(H,21,22,23,24). The Morgan fingerprint density at radius 3 is 2.60 bits per heavy atom. The predicted octanol–water partition coefficient (Wildman–Crippen LogP) is 3.89. The normalized spacial score (nSPS) is 12.0. The number of para-hydroxylation sites is 1. The molecular formula is C17H12F3N5. The summed E-state index contributed by atoms with van der Waals surface area (Å²) in [5, 5.41) is 14.9. The Hall–Kier alpha value is -3.16. The third-order valence-corrected chi connectivity index (χ3v) is 3.98. The summed E-state index contributed by atoms with van der Waals surface area (Å²) >= 11 is 0. The average Bonchev–Trinajstić information content (AvgIpc) is 3.23. The van der Waals surface area contributed by atoms with Gasteiger partial charge >= 0.3 is 6.18 Å². The summed E-state index contributed by atoms with van der Waals surface area (Å²) in [6, 6.07) is 14.8. The van der Waals surface area contributed by atoms with Gasteiger partial charge in [0, 0.05) is 17.4 Å². The topological polar surface area (TPSA) is 59.4 Å². The molecule has 5 nitrogen and oxygen atoms in total. The number of benzene rings is 2. The van der Waals surface area contributed by atoms with E-state index in [0.29, 0.717) is 17.1 Å². The maximum atomic E-state index is 13.0. The fourth-order valence-electron chi connectivity index (χ4n) is 2.86. The van der Waals surface area contributed by atoms with Crippen LogP contribution in [0.4, 0.5) is 13.2 Å². The lowest BCUT2D eigenvalue weighted by Crippen LogP contribution is -2.07. The van der Waals surface area contributed by atoms with Crippen molar-refractivity contribution in [2.75, 3.05) is 0 Å². The lowest BCUT2D eigenvalue weighted by atomic mass is 10.1. The van der Waals surface area contributed by atoms with Crippen LogP contribution in [0.2, 0.25) is 0 Å². The van der Waals surface area contributed by atoms with Gasteiger partial charge in [-0.3, -0.25) is 0 Å². The van der Waals surface area contributed by atoms with Crippen molar-refractivity contribution in [3.8, 4) is 11.5 Å². The molecule has 0 amide bonds. The van der Waals surface area contributed by atoms with Crippen LogP contribution in [-0.2, 0) is 12.7 Å². The van der Waals surface area contributed by atoms with Crippen LogP contribution in [0.25, 0.3) is 22.4 Å². The van der Waals surface area contributed by atoms with Crippen LogP contribution in [0.3, 0.4) is 0 Å². The molecule has 8 heteroatoms. The number of fused-ring (bicyclic) bond motifs is 1. The number of hydrogen-bond acceptors (Lipinski definition) is 3. The number of nitrogens with zero attached hydrogens (tertiary/aromatic N) is 4. The molecule has 2 aromatic heterocycles. The Kier molecular flexibility index (Phi) is 3.52. The summed E-state index contributed by atoms with van der Waals surface area (Å²) in [7, 11) is 0. The Labute approximate surface area is 140 Å². The summed E-state index contributed by atoms with van der Waals surface area (Å²) in [4.78, 5) is 0. The molecule has 25 heavy (non-hydrogen) atoms. The molecule has 4 aromatic rings. The first-order valence-electron chi connectivity index (χ1n) is 7.50. The van der Waals surface area contributed by atoms with E-state index in [2.05, 4.69) is 20.6 Å². The van der Waals surface area contributed by atoms with E-state index in [4.69, 9.17) is 0 Å². The highest BCUT2D eigenvalue weighted by atomic mass is 19.4. The minimum Gasteiger partial charge on any atom is -0.333 e. The number of halogens is 3. The third kappa shape index (κ3) is 2.86. The molecule has 0 aliphatic carbocycles. The number of hydrogen-bond donors (Lipinski definition) is 1. The molecule has 2 aromatic carbocycles. The smallest absolute Gasteiger partial charge is 0.333 e. The molecule has 4 rings (SSSR count). The van der Waals surface area contributed by atoms with Gasteiger partial charge in [0.1, 0.15) is 0 Å². The number of aromatic amines is 1. The van der Waals surface area contributed by atoms with Gasteiger partial charge in [-0.15, -0.1) is 10.2 Å². The third-order valence-electron chi connectivity index (χ3n) is 3.98. The van der Waals surface area contributed by atoms with Crippen LogP contribution in [0.15, 0.2) is 54.6 Å². The number of rotatable bonds is 3. The zero-order valence-corrected chi connectivity index (χ0v) is 12.8. The van der Waals surface area contributed by atoms with Gasteiger partial charge in [-0.1, -0.05) is 30.3 Å². The van der Waals surface area contributed by atoms with Gasteiger partial charge < -0.3 is 4.57 Å². The molecular weight excluding hydrogens is 331 g/mol. The SMILES string of the molecule is FC(F)(F)c1cccc(Cn2c(-c3nn[nH]n3)cc3ccccc32)c1. The molecule has 0 fully saturated rings. The maximum absolute atomic E-state index is 13.0. The first kappa shape index (κ1) is 15.4. The van der Waals surface area contributed by atoms with Gasteiger partial charge in [0.25, 0.3) is 0 Å². The molecule has 126 valence electrons. The highest BCUT2D eigenvalue weighted by Crippen LogP contribution is 2.31.